The van der Waals surface area contributed by atoms with Gasteiger partial charge in [-0.1, -0.05) is 0 Å². The van der Waals surface area contributed by atoms with Gasteiger partial charge in [-0.05, 0) is 75.3 Å². The van der Waals surface area contributed by atoms with Gasteiger partial charge in [-0.3, -0.25) is 0 Å². The largest absolute Gasteiger partial charge is 0.446 e. The predicted molar refractivity (Wildman–Crippen MR) is 81.0 cm³/mol. The van der Waals surface area contributed by atoms with E-state index in [0.29, 0.717) is 6.04 Å². The van der Waals surface area contributed by atoms with Crippen LogP contribution in [0.1, 0.15) is 42.4 Å². The molecule has 1 aliphatic rings. The predicted octanol–water partition coefficient (Wildman–Crippen LogP) is 3.43. The molecular weight excluding hydrogens is 252 g/mol. The standard InChI is InChI=1S/C16H24N2O2/c1-10-8-14(9-11(2)12(10)3)18-13-4-6-15(7-5-13)20-16(17)19/h8-9,13,15,18H,4-7H2,1-3H3,(H2,17,19). The second kappa shape index (κ2) is 6.16. The number of nitrogens with two attached hydrogens (primary N) is 1. The van der Waals surface area contributed by atoms with Crippen LogP contribution >= 0.6 is 0 Å². The van der Waals surface area contributed by atoms with Gasteiger partial charge in [0.1, 0.15) is 6.10 Å². The second-order valence-corrected chi connectivity index (χ2v) is 5.79. The highest BCUT2D eigenvalue weighted by molar-refractivity contribution is 5.64. The molecule has 0 aromatic heterocycles. The van der Waals surface area contributed by atoms with Crippen molar-refractivity contribution < 1.29 is 9.53 Å². The van der Waals surface area contributed by atoms with Crippen molar-refractivity contribution in [3.63, 3.8) is 0 Å². The van der Waals surface area contributed by atoms with Crippen molar-refractivity contribution in [2.45, 2.75) is 58.6 Å². The quantitative estimate of drug-likeness (QED) is 0.889. The molecule has 0 bridgehead atoms. The number of benzene rings is 1. The summed E-state index contributed by atoms with van der Waals surface area (Å²) in [7, 11) is 0. The van der Waals surface area contributed by atoms with Crippen molar-refractivity contribution in [2.75, 3.05) is 5.32 Å². The molecule has 20 heavy (non-hydrogen) atoms. The van der Waals surface area contributed by atoms with Gasteiger partial charge in [-0.2, -0.15) is 0 Å². The van der Waals surface area contributed by atoms with Crippen molar-refractivity contribution >= 4 is 11.8 Å². The van der Waals surface area contributed by atoms with E-state index in [2.05, 4.69) is 38.2 Å². The molecule has 2 rings (SSSR count). The zero-order valence-electron chi connectivity index (χ0n) is 12.5. The molecule has 4 nitrogen and oxygen atoms in total. The van der Waals surface area contributed by atoms with Crippen molar-refractivity contribution in [3.8, 4) is 0 Å². The molecule has 4 heteroatoms. The number of rotatable bonds is 3. The molecule has 0 unspecified atom stereocenters. The Bertz CT molecular complexity index is 468. The molecule has 0 spiro atoms. The number of carbonyl (C=O) groups excluding carboxylic acids is 1. The van der Waals surface area contributed by atoms with Gasteiger partial charge in [-0.25, -0.2) is 4.79 Å². The van der Waals surface area contributed by atoms with Crippen LogP contribution in [0.3, 0.4) is 0 Å². The van der Waals surface area contributed by atoms with Gasteiger partial charge in [0, 0.05) is 11.7 Å². The number of nitrogens with one attached hydrogen (secondary N) is 1. The lowest BCUT2D eigenvalue weighted by Gasteiger charge is -2.29. The van der Waals surface area contributed by atoms with Crippen LogP contribution in [0.5, 0.6) is 0 Å². The van der Waals surface area contributed by atoms with Crippen molar-refractivity contribution in [3.05, 3.63) is 28.8 Å². The van der Waals surface area contributed by atoms with Gasteiger partial charge in [-0.15, -0.1) is 0 Å². The minimum Gasteiger partial charge on any atom is -0.446 e. The fourth-order valence-corrected chi connectivity index (χ4v) is 2.84. The minimum absolute atomic E-state index is 0.00737. The van der Waals surface area contributed by atoms with Gasteiger partial charge >= 0.3 is 6.09 Å². The number of amides is 1. The van der Waals surface area contributed by atoms with Gasteiger partial charge < -0.3 is 15.8 Å². The van der Waals surface area contributed by atoms with Crippen LogP contribution in [-0.4, -0.2) is 18.2 Å². The minimum atomic E-state index is -0.661. The number of ether oxygens (including phenoxy) is 1. The summed E-state index contributed by atoms with van der Waals surface area (Å²) in [6.07, 6.45) is 3.10. The zero-order chi connectivity index (χ0) is 14.7. The average molecular weight is 276 g/mol. The Kier molecular flexibility index (Phi) is 4.53. The Labute approximate surface area is 120 Å². The Morgan fingerprint density at radius 3 is 2.20 bits per heavy atom. The van der Waals surface area contributed by atoms with Crippen LogP contribution in [0.2, 0.25) is 0 Å². The number of anilines is 1. The number of carbonyl (C=O) groups is 1. The maximum absolute atomic E-state index is 10.7. The molecule has 3 N–H and O–H groups in total. The van der Waals surface area contributed by atoms with Gasteiger partial charge in [0.2, 0.25) is 0 Å². The molecule has 1 aliphatic carbocycles. The summed E-state index contributed by atoms with van der Waals surface area (Å²) < 4.78 is 5.05. The summed E-state index contributed by atoms with van der Waals surface area (Å²) >= 11 is 0. The summed E-state index contributed by atoms with van der Waals surface area (Å²) in [5.74, 6) is 0. The van der Waals surface area contributed by atoms with Crippen LogP contribution in [0.15, 0.2) is 12.1 Å². The van der Waals surface area contributed by atoms with E-state index < -0.39 is 6.09 Å². The van der Waals surface area contributed by atoms with Gasteiger partial charge in [0.15, 0.2) is 0 Å². The Hall–Kier alpha value is -1.71. The maximum atomic E-state index is 10.7. The third kappa shape index (κ3) is 3.65. The second-order valence-electron chi connectivity index (χ2n) is 5.79. The van der Waals surface area contributed by atoms with Crippen LogP contribution in [0.25, 0.3) is 0 Å². The first-order valence-electron chi connectivity index (χ1n) is 7.26. The van der Waals surface area contributed by atoms with Crippen molar-refractivity contribution in [1.82, 2.24) is 0 Å². The lowest BCUT2D eigenvalue weighted by atomic mass is 9.92. The van der Waals surface area contributed by atoms with Crippen LogP contribution in [-0.2, 0) is 4.74 Å². The Morgan fingerprint density at radius 2 is 1.70 bits per heavy atom. The number of hydrogen-bond donors (Lipinski definition) is 2. The molecule has 1 aromatic carbocycles. The molecule has 0 atom stereocenters. The van der Waals surface area contributed by atoms with E-state index in [1.807, 2.05) is 0 Å². The van der Waals surface area contributed by atoms with Crippen LogP contribution < -0.4 is 11.1 Å². The molecular formula is C16H24N2O2. The number of aryl methyl sites for hydroxylation is 2. The van der Waals surface area contributed by atoms with Crippen molar-refractivity contribution in [1.29, 1.82) is 0 Å². The topological polar surface area (TPSA) is 64.3 Å². The summed E-state index contributed by atoms with van der Waals surface area (Å²) in [4.78, 5) is 10.7. The summed E-state index contributed by atoms with van der Waals surface area (Å²) in [5.41, 5.74) is 10.2. The highest BCUT2D eigenvalue weighted by atomic mass is 16.6. The number of primary amides is 1. The fraction of sp³-hybridized carbons (Fsp3) is 0.562. The molecule has 1 aromatic rings. The fourth-order valence-electron chi connectivity index (χ4n) is 2.84. The molecule has 0 aliphatic heterocycles. The molecule has 1 amide bonds. The van der Waals surface area contributed by atoms with E-state index in [1.54, 1.807) is 0 Å². The average Bonchev–Trinajstić information content (AvgIpc) is 2.37. The zero-order valence-corrected chi connectivity index (χ0v) is 12.5. The molecule has 1 fully saturated rings. The summed E-state index contributed by atoms with van der Waals surface area (Å²) in [5, 5.41) is 3.59. The van der Waals surface area contributed by atoms with E-state index in [1.165, 1.54) is 22.4 Å². The van der Waals surface area contributed by atoms with Crippen LogP contribution in [0, 0.1) is 20.8 Å². The molecule has 0 saturated heterocycles. The van der Waals surface area contributed by atoms with E-state index in [-0.39, 0.29) is 6.10 Å². The maximum Gasteiger partial charge on any atom is 0.404 e. The van der Waals surface area contributed by atoms with E-state index in [9.17, 15) is 4.79 Å². The summed E-state index contributed by atoms with van der Waals surface area (Å²) in [6, 6.07) is 4.85. The van der Waals surface area contributed by atoms with E-state index in [0.717, 1.165) is 25.7 Å². The smallest absolute Gasteiger partial charge is 0.404 e. The third-order valence-corrected chi connectivity index (χ3v) is 4.25. The van der Waals surface area contributed by atoms with Crippen molar-refractivity contribution in [2.24, 2.45) is 5.73 Å². The Morgan fingerprint density at radius 1 is 1.15 bits per heavy atom. The normalized spacial score (nSPS) is 22.4. The first kappa shape index (κ1) is 14.7. The Balaban J connectivity index is 1.91. The van der Waals surface area contributed by atoms with E-state index in [4.69, 9.17) is 10.5 Å². The monoisotopic (exact) mass is 276 g/mol. The van der Waals surface area contributed by atoms with Gasteiger partial charge in [0.25, 0.3) is 0 Å². The highest BCUT2D eigenvalue weighted by Gasteiger charge is 2.23. The van der Waals surface area contributed by atoms with Gasteiger partial charge in [0.05, 0.1) is 0 Å². The molecule has 110 valence electrons. The third-order valence-electron chi connectivity index (χ3n) is 4.25. The lowest BCUT2D eigenvalue weighted by molar-refractivity contribution is 0.0806. The van der Waals surface area contributed by atoms with Crippen LogP contribution in [0.4, 0.5) is 10.5 Å². The number of hydrogen-bond acceptors (Lipinski definition) is 3. The molecule has 0 radical (unpaired) electrons. The highest BCUT2D eigenvalue weighted by Crippen LogP contribution is 2.26. The SMILES string of the molecule is Cc1cc(NC2CCC(OC(N)=O)CC2)cc(C)c1C. The van der Waals surface area contributed by atoms with E-state index >= 15 is 0 Å². The summed E-state index contributed by atoms with van der Waals surface area (Å²) in [6.45, 7) is 6.44. The first-order chi connectivity index (χ1) is 9.45. The molecule has 0 heterocycles. The lowest BCUT2D eigenvalue weighted by Crippen LogP contribution is -2.32. The molecule has 1 saturated carbocycles. The first-order valence-corrected chi connectivity index (χ1v) is 7.26.